The number of halogens is 1. The van der Waals surface area contributed by atoms with Gasteiger partial charge in [-0.2, -0.15) is 5.26 Å². The minimum Gasteiger partial charge on any atom is -0.496 e. The summed E-state index contributed by atoms with van der Waals surface area (Å²) in [6, 6.07) is 15.4. The number of anilines is 2. The molecule has 9 nitrogen and oxygen atoms in total. The van der Waals surface area contributed by atoms with Gasteiger partial charge in [0.05, 0.1) is 35.7 Å². The Hall–Kier alpha value is -4.88. The van der Waals surface area contributed by atoms with E-state index in [0.717, 1.165) is 37.4 Å². The van der Waals surface area contributed by atoms with Gasteiger partial charge >= 0.3 is 0 Å². The van der Waals surface area contributed by atoms with Gasteiger partial charge in [-0.3, -0.25) is 9.78 Å². The maximum absolute atomic E-state index is 14.6. The Balaban J connectivity index is 1.50. The minimum absolute atomic E-state index is 0.0471. The zero-order chi connectivity index (χ0) is 26.5. The van der Waals surface area contributed by atoms with Crippen molar-refractivity contribution >= 4 is 17.3 Å². The third kappa shape index (κ3) is 5.00. The van der Waals surface area contributed by atoms with Crippen LogP contribution in [0.5, 0.6) is 5.75 Å². The number of amides is 1. The van der Waals surface area contributed by atoms with E-state index in [0.29, 0.717) is 16.8 Å². The first kappa shape index (κ1) is 24.8. The van der Waals surface area contributed by atoms with Gasteiger partial charge in [0.2, 0.25) is 0 Å². The van der Waals surface area contributed by atoms with Gasteiger partial charge < -0.3 is 20.3 Å². The molecule has 1 aliphatic rings. The lowest BCUT2D eigenvalue weighted by Crippen LogP contribution is -2.43. The molecule has 2 N–H and O–H groups in total. The highest BCUT2D eigenvalue weighted by molar-refractivity contribution is 6.05. The molecular formula is C28H24FN7O2. The number of carbonyl (C=O) groups is 1. The zero-order valence-electron chi connectivity index (χ0n) is 20.6. The molecule has 1 aliphatic heterocycles. The number of aromatic nitrogens is 3. The summed E-state index contributed by atoms with van der Waals surface area (Å²) in [6.45, 7) is 3.09. The highest BCUT2D eigenvalue weighted by Gasteiger charge is 2.20. The predicted octanol–water partition coefficient (Wildman–Crippen LogP) is 3.89. The summed E-state index contributed by atoms with van der Waals surface area (Å²) in [7, 11) is 1.43. The molecular weight excluding hydrogens is 485 g/mol. The number of benzene rings is 2. The number of carbonyl (C=O) groups excluding carboxylic acids is 1. The molecule has 1 amide bonds. The summed E-state index contributed by atoms with van der Waals surface area (Å²) in [5.74, 6) is -0.699. The molecule has 2 aromatic carbocycles. The molecule has 10 heteroatoms. The van der Waals surface area contributed by atoms with Crippen LogP contribution in [0.25, 0.3) is 22.5 Å². The van der Waals surface area contributed by atoms with E-state index in [-0.39, 0.29) is 22.8 Å². The smallest absolute Gasteiger partial charge is 0.274 e. The normalized spacial score (nSPS) is 13.0. The van der Waals surface area contributed by atoms with Crippen molar-refractivity contribution in [3.63, 3.8) is 0 Å². The van der Waals surface area contributed by atoms with Gasteiger partial charge in [-0.25, -0.2) is 14.4 Å². The molecule has 0 unspecified atom stereocenters. The number of nitriles is 1. The van der Waals surface area contributed by atoms with Crippen LogP contribution in [0.2, 0.25) is 0 Å². The number of hydrogen-bond acceptors (Lipinski definition) is 8. The van der Waals surface area contributed by atoms with Crippen molar-refractivity contribution in [1.82, 2.24) is 20.3 Å². The Morgan fingerprint density at radius 2 is 2.00 bits per heavy atom. The van der Waals surface area contributed by atoms with E-state index in [1.807, 2.05) is 12.1 Å². The summed E-state index contributed by atoms with van der Waals surface area (Å²) in [6.07, 6.45) is 4.66. The molecule has 2 aromatic heterocycles. The third-order valence-corrected chi connectivity index (χ3v) is 6.26. The summed E-state index contributed by atoms with van der Waals surface area (Å²) in [5, 5.41) is 15.8. The topological polar surface area (TPSA) is 116 Å². The van der Waals surface area contributed by atoms with Gasteiger partial charge in [0.15, 0.2) is 5.82 Å². The molecule has 0 radical (unpaired) electrons. The lowest BCUT2D eigenvalue weighted by Gasteiger charge is -2.31. The van der Waals surface area contributed by atoms with Crippen LogP contribution >= 0.6 is 0 Å². The van der Waals surface area contributed by atoms with Crippen LogP contribution in [0.3, 0.4) is 0 Å². The molecule has 38 heavy (non-hydrogen) atoms. The van der Waals surface area contributed by atoms with E-state index in [2.05, 4.69) is 36.6 Å². The fourth-order valence-corrected chi connectivity index (χ4v) is 4.38. The van der Waals surface area contributed by atoms with Gasteiger partial charge in [0.25, 0.3) is 5.91 Å². The maximum Gasteiger partial charge on any atom is 0.274 e. The highest BCUT2D eigenvalue weighted by Crippen LogP contribution is 2.34. The molecule has 1 fully saturated rings. The van der Waals surface area contributed by atoms with Crippen LogP contribution < -0.4 is 20.3 Å². The Bertz CT molecular complexity index is 1530. The number of ether oxygens (including phenoxy) is 1. The van der Waals surface area contributed by atoms with Crippen molar-refractivity contribution in [1.29, 1.82) is 5.26 Å². The number of piperazine rings is 1. The van der Waals surface area contributed by atoms with Crippen molar-refractivity contribution in [2.24, 2.45) is 0 Å². The number of pyridine rings is 1. The molecule has 0 spiro atoms. The van der Waals surface area contributed by atoms with E-state index in [1.54, 1.807) is 30.6 Å². The molecule has 4 aromatic rings. The van der Waals surface area contributed by atoms with E-state index in [4.69, 9.17) is 4.74 Å². The fraction of sp³-hybridized carbons (Fsp3) is 0.179. The van der Waals surface area contributed by atoms with Gasteiger partial charge in [0.1, 0.15) is 17.3 Å². The molecule has 0 bridgehead atoms. The van der Waals surface area contributed by atoms with Crippen molar-refractivity contribution in [3.05, 3.63) is 84.2 Å². The van der Waals surface area contributed by atoms with Gasteiger partial charge in [0, 0.05) is 50.3 Å². The molecule has 1 saturated heterocycles. The molecule has 0 atom stereocenters. The maximum atomic E-state index is 14.6. The lowest BCUT2D eigenvalue weighted by atomic mass is 10.0. The average molecular weight is 510 g/mol. The number of hydrogen-bond donors (Lipinski definition) is 2. The Kier molecular flexibility index (Phi) is 7.19. The Morgan fingerprint density at radius 1 is 1.16 bits per heavy atom. The Labute approximate surface area is 219 Å². The quantitative estimate of drug-likeness (QED) is 0.402. The first-order valence-corrected chi connectivity index (χ1v) is 12.0. The SMILES string of the molecule is COc1cccc(F)c1-c1nccc(C(=O)Nc2ccc(-c3cnccc3C#N)cc2N2CCNCC2)n1. The predicted molar refractivity (Wildman–Crippen MR) is 141 cm³/mol. The van der Waals surface area contributed by atoms with E-state index < -0.39 is 11.7 Å². The van der Waals surface area contributed by atoms with Crippen molar-refractivity contribution < 1.29 is 13.9 Å². The molecule has 3 heterocycles. The number of rotatable bonds is 6. The number of nitrogens with one attached hydrogen (secondary N) is 2. The van der Waals surface area contributed by atoms with Crippen molar-refractivity contribution in [3.8, 4) is 34.3 Å². The van der Waals surface area contributed by atoms with Crippen LogP contribution in [-0.4, -0.2) is 54.1 Å². The lowest BCUT2D eigenvalue weighted by molar-refractivity contribution is 0.102. The van der Waals surface area contributed by atoms with E-state index in [1.165, 1.54) is 31.5 Å². The first-order valence-electron chi connectivity index (χ1n) is 12.0. The Morgan fingerprint density at radius 3 is 2.79 bits per heavy atom. The average Bonchev–Trinajstić information content (AvgIpc) is 2.97. The second-order valence-corrected chi connectivity index (χ2v) is 8.54. The van der Waals surface area contributed by atoms with Gasteiger partial charge in [-0.05, 0) is 42.0 Å². The second-order valence-electron chi connectivity index (χ2n) is 8.54. The van der Waals surface area contributed by atoms with Crippen LogP contribution in [0.15, 0.2) is 67.1 Å². The standard InChI is InChI=1S/C28H24FN7O2/c1-38-25-4-2-3-21(29)26(25)27-33-10-8-23(34-27)28(37)35-22-6-5-18(20-17-32-9-7-19(20)16-30)15-24(22)36-13-11-31-12-14-36/h2-10,15,17,31H,11-14H2,1H3,(H,35,37). The molecule has 0 aliphatic carbocycles. The van der Waals surface area contributed by atoms with Crippen LogP contribution in [0.4, 0.5) is 15.8 Å². The molecule has 0 saturated carbocycles. The van der Waals surface area contributed by atoms with Crippen LogP contribution in [-0.2, 0) is 0 Å². The van der Waals surface area contributed by atoms with Gasteiger partial charge in [-0.15, -0.1) is 0 Å². The fourth-order valence-electron chi connectivity index (χ4n) is 4.38. The van der Waals surface area contributed by atoms with Gasteiger partial charge in [-0.1, -0.05) is 12.1 Å². The van der Waals surface area contributed by atoms with E-state index >= 15 is 0 Å². The first-order chi connectivity index (χ1) is 18.6. The third-order valence-electron chi connectivity index (χ3n) is 6.26. The minimum atomic E-state index is -0.550. The summed E-state index contributed by atoms with van der Waals surface area (Å²) < 4.78 is 19.9. The van der Waals surface area contributed by atoms with Crippen molar-refractivity contribution in [2.45, 2.75) is 0 Å². The largest absolute Gasteiger partial charge is 0.496 e. The number of nitrogens with zero attached hydrogens (tertiary/aromatic N) is 5. The van der Waals surface area contributed by atoms with Crippen molar-refractivity contribution in [2.75, 3.05) is 43.5 Å². The van der Waals surface area contributed by atoms with Crippen LogP contribution in [0, 0.1) is 17.1 Å². The summed E-state index contributed by atoms with van der Waals surface area (Å²) >= 11 is 0. The zero-order valence-corrected chi connectivity index (χ0v) is 20.6. The molecule has 190 valence electrons. The summed E-state index contributed by atoms with van der Waals surface area (Å²) in [5.41, 5.74) is 3.61. The molecule has 5 rings (SSSR count). The number of methoxy groups -OCH3 is 1. The second kappa shape index (κ2) is 11.0. The van der Waals surface area contributed by atoms with Crippen LogP contribution in [0.1, 0.15) is 16.1 Å². The summed E-state index contributed by atoms with van der Waals surface area (Å²) in [4.78, 5) is 28.2. The van der Waals surface area contributed by atoms with E-state index in [9.17, 15) is 14.4 Å². The highest BCUT2D eigenvalue weighted by atomic mass is 19.1. The monoisotopic (exact) mass is 509 g/mol.